The zero-order valence-corrected chi connectivity index (χ0v) is 26.1. The third-order valence-electron chi connectivity index (χ3n) is 7.10. The smallest absolute Gasteiger partial charge is 0.338 e. The van der Waals surface area contributed by atoms with Crippen molar-refractivity contribution in [2.75, 3.05) is 5.32 Å². The summed E-state index contributed by atoms with van der Waals surface area (Å²) in [6.45, 7) is 2.41. The highest BCUT2D eigenvalue weighted by Gasteiger charge is 2.35. The van der Waals surface area contributed by atoms with Crippen LogP contribution in [0.2, 0.25) is 10.0 Å². The number of halogens is 2. The number of hydrogen-bond donors (Lipinski definition) is 1. The van der Waals surface area contributed by atoms with E-state index in [4.69, 9.17) is 42.8 Å². The highest BCUT2D eigenvalue weighted by Crippen LogP contribution is 2.38. The number of benzene rings is 4. The van der Waals surface area contributed by atoms with Crippen LogP contribution in [0.15, 0.2) is 120 Å². The molecule has 1 N–H and O–H groups in total. The number of rotatable bonds is 10. The minimum absolute atomic E-state index is 0.157. The third kappa shape index (κ3) is 6.94. The van der Waals surface area contributed by atoms with Crippen molar-refractivity contribution < 1.29 is 14.3 Å². The van der Waals surface area contributed by atoms with Crippen molar-refractivity contribution in [3.63, 3.8) is 0 Å². The summed E-state index contributed by atoms with van der Waals surface area (Å²) in [6.07, 6.45) is 0. The van der Waals surface area contributed by atoms with E-state index in [9.17, 15) is 4.79 Å². The number of carbonyl (C=O) groups is 1. The fraction of sp³-hybridized carbons (Fsp3) is 0.147. The number of esters is 1. The number of ether oxygens (including phenoxy) is 2. The predicted octanol–water partition coefficient (Wildman–Crippen LogP) is 8.49. The van der Waals surface area contributed by atoms with E-state index in [1.807, 2.05) is 110 Å². The Morgan fingerprint density at radius 1 is 0.886 bits per heavy atom. The Hall–Kier alpha value is -4.24. The van der Waals surface area contributed by atoms with E-state index >= 15 is 0 Å². The molecule has 1 aromatic heterocycles. The number of nitrogens with one attached hydrogen (secondary N) is 1. The first-order chi connectivity index (χ1) is 21.4. The van der Waals surface area contributed by atoms with E-state index in [2.05, 4.69) is 5.32 Å². The fourth-order valence-corrected chi connectivity index (χ4v) is 6.06. The topological polar surface area (TPSA) is 78.3 Å². The van der Waals surface area contributed by atoms with E-state index in [-0.39, 0.29) is 6.61 Å². The van der Waals surface area contributed by atoms with Crippen LogP contribution in [0, 0.1) is 0 Å². The van der Waals surface area contributed by atoms with Gasteiger partial charge in [-0.2, -0.15) is 4.98 Å². The van der Waals surface area contributed by atoms with Crippen molar-refractivity contribution in [2.24, 2.45) is 0 Å². The van der Waals surface area contributed by atoms with Gasteiger partial charge in [-0.05, 0) is 59.5 Å². The summed E-state index contributed by atoms with van der Waals surface area (Å²) in [5.74, 6) is 1.41. The second-order valence-corrected chi connectivity index (χ2v) is 11.9. The molecule has 1 unspecified atom stereocenters. The molecule has 44 heavy (non-hydrogen) atoms. The van der Waals surface area contributed by atoms with Crippen molar-refractivity contribution in [2.45, 2.75) is 37.1 Å². The molecule has 0 bridgehead atoms. The molecule has 0 radical (unpaired) electrons. The van der Waals surface area contributed by atoms with Crippen LogP contribution in [-0.4, -0.2) is 20.7 Å². The first-order valence-corrected chi connectivity index (χ1v) is 15.7. The Kier molecular flexibility index (Phi) is 9.21. The van der Waals surface area contributed by atoms with Crippen LogP contribution in [0.5, 0.6) is 5.75 Å². The van der Waals surface area contributed by atoms with Crippen molar-refractivity contribution in [1.29, 1.82) is 0 Å². The van der Waals surface area contributed by atoms with Crippen LogP contribution in [0.25, 0.3) is 0 Å². The number of allylic oxidation sites excluding steroid dienone is 1. The number of carbonyl (C=O) groups excluding carboxylic acids is 1. The fourth-order valence-electron chi connectivity index (χ4n) is 4.82. The van der Waals surface area contributed by atoms with Crippen molar-refractivity contribution in [3.8, 4) is 5.75 Å². The number of fused-ring (bicyclic) bond motifs is 1. The number of aromatic nitrogens is 3. The molecule has 0 spiro atoms. The van der Waals surface area contributed by atoms with Gasteiger partial charge in [0.1, 0.15) is 25.0 Å². The molecule has 1 aliphatic rings. The maximum absolute atomic E-state index is 13.6. The molecular weight excluding hydrogens is 615 g/mol. The van der Waals surface area contributed by atoms with Crippen LogP contribution < -0.4 is 10.1 Å². The second kappa shape index (κ2) is 13.6. The van der Waals surface area contributed by atoms with Crippen molar-refractivity contribution in [1.82, 2.24) is 14.8 Å². The third-order valence-corrected chi connectivity index (χ3v) is 8.60. The van der Waals surface area contributed by atoms with Gasteiger partial charge in [0.2, 0.25) is 11.1 Å². The van der Waals surface area contributed by atoms with E-state index < -0.39 is 12.0 Å². The van der Waals surface area contributed by atoms with Crippen LogP contribution in [-0.2, 0) is 28.5 Å². The van der Waals surface area contributed by atoms with Gasteiger partial charge in [-0.1, -0.05) is 108 Å². The molecule has 0 saturated heterocycles. The molecule has 5 aromatic rings. The predicted molar refractivity (Wildman–Crippen MR) is 174 cm³/mol. The Morgan fingerprint density at radius 3 is 2.34 bits per heavy atom. The molecule has 1 aliphatic heterocycles. The number of anilines is 1. The van der Waals surface area contributed by atoms with Gasteiger partial charge in [-0.25, -0.2) is 9.48 Å². The van der Waals surface area contributed by atoms with E-state index in [1.54, 1.807) is 4.68 Å². The second-order valence-electron chi connectivity index (χ2n) is 10.2. The van der Waals surface area contributed by atoms with E-state index in [0.29, 0.717) is 50.5 Å². The Balaban J connectivity index is 1.27. The maximum atomic E-state index is 13.6. The van der Waals surface area contributed by atoms with Crippen molar-refractivity contribution >= 4 is 46.9 Å². The highest BCUT2D eigenvalue weighted by molar-refractivity contribution is 7.98. The SMILES string of the molecule is CC1=C(C(=O)OCc2ccccc2)C(c2ccc(OCc3ccc(Cl)cc3)cc2)n2nc(SCc3ccccc3Cl)nc2N1. The zero-order valence-electron chi connectivity index (χ0n) is 23.7. The lowest BCUT2D eigenvalue weighted by Crippen LogP contribution is -2.29. The molecule has 0 amide bonds. The first-order valence-electron chi connectivity index (χ1n) is 13.9. The summed E-state index contributed by atoms with van der Waals surface area (Å²) in [5.41, 5.74) is 4.85. The molecule has 10 heteroatoms. The van der Waals surface area contributed by atoms with E-state index in [1.165, 1.54) is 11.8 Å². The van der Waals surface area contributed by atoms with Gasteiger partial charge in [0.05, 0.1) is 5.57 Å². The van der Waals surface area contributed by atoms with Crippen LogP contribution in [0.3, 0.4) is 0 Å². The minimum Gasteiger partial charge on any atom is -0.489 e. The lowest BCUT2D eigenvalue weighted by molar-refractivity contribution is -0.140. The Labute approximate surface area is 269 Å². The van der Waals surface area contributed by atoms with Gasteiger partial charge in [-0.15, -0.1) is 5.10 Å². The average Bonchev–Trinajstić information content (AvgIpc) is 3.45. The standard InChI is InChI=1S/C34H28Cl2N4O3S/c1-22-30(32(41)43-20-23-7-3-2-4-8-23)31(25-13-17-28(18-14-25)42-19-24-11-15-27(35)16-12-24)40-33(37-22)38-34(39-40)44-21-26-9-5-6-10-29(26)36/h2-18,31H,19-21H2,1H3,(H,37,38,39). The van der Waals surface area contributed by atoms with Gasteiger partial charge in [-0.3, -0.25) is 0 Å². The summed E-state index contributed by atoms with van der Waals surface area (Å²) in [6, 6.07) is 31.9. The molecular formula is C34H28Cl2N4O3S. The molecule has 7 nitrogen and oxygen atoms in total. The van der Waals surface area contributed by atoms with Crippen LogP contribution >= 0.6 is 35.0 Å². The summed E-state index contributed by atoms with van der Waals surface area (Å²) >= 11 is 13.9. The summed E-state index contributed by atoms with van der Waals surface area (Å²) < 4.78 is 13.5. The molecule has 2 heterocycles. The zero-order chi connectivity index (χ0) is 30.5. The monoisotopic (exact) mass is 642 g/mol. The number of nitrogens with zero attached hydrogens (tertiary/aromatic N) is 3. The summed E-state index contributed by atoms with van der Waals surface area (Å²) in [5, 5.41) is 10.0. The van der Waals surface area contributed by atoms with Gasteiger partial charge >= 0.3 is 5.97 Å². The lowest BCUT2D eigenvalue weighted by atomic mass is 9.95. The largest absolute Gasteiger partial charge is 0.489 e. The van der Waals surface area contributed by atoms with Gasteiger partial charge in [0.25, 0.3) is 0 Å². The van der Waals surface area contributed by atoms with Crippen LogP contribution in [0.1, 0.15) is 35.2 Å². The summed E-state index contributed by atoms with van der Waals surface area (Å²) in [4.78, 5) is 18.4. The molecule has 0 aliphatic carbocycles. The van der Waals surface area contributed by atoms with Crippen LogP contribution in [0.4, 0.5) is 5.95 Å². The number of hydrogen-bond acceptors (Lipinski definition) is 7. The first kappa shape index (κ1) is 29.8. The molecule has 1 atom stereocenters. The van der Waals surface area contributed by atoms with E-state index in [0.717, 1.165) is 22.3 Å². The minimum atomic E-state index is -0.568. The van der Waals surface area contributed by atoms with Gasteiger partial charge < -0.3 is 14.8 Å². The Bertz CT molecular complexity index is 1790. The summed E-state index contributed by atoms with van der Waals surface area (Å²) in [7, 11) is 0. The molecule has 222 valence electrons. The average molecular weight is 644 g/mol. The maximum Gasteiger partial charge on any atom is 0.338 e. The molecule has 0 fully saturated rings. The quantitative estimate of drug-likeness (QED) is 0.121. The normalized spacial score (nSPS) is 14.1. The van der Waals surface area contributed by atoms with Crippen molar-refractivity contribution in [3.05, 3.63) is 147 Å². The van der Waals surface area contributed by atoms with Gasteiger partial charge in [0, 0.05) is 21.5 Å². The molecule has 6 rings (SSSR count). The number of thioether (sulfide) groups is 1. The van der Waals surface area contributed by atoms with Gasteiger partial charge in [0.15, 0.2) is 0 Å². The Morgan fingerprint density at radius 2 is 1.59 bits per heavy atom. The lowest BCUT2D eigenvalue weighted by Gasteiger charge is -2.28. The molecule has 4 aromatic carbocycles. The highest BCUT2D eigenvalue weighted by atomic mass is 35.5. The molecule has 0 saturated carbocycles.